The molecule has 0 saturated carbocycles. The Bertz CT molecular complexity index is 313. The number of β-amino-alcohol motifs (C(OH)–C–C–N with tert-alkyl or cyclic N) is 1. The summed E-state index contributed by atoms with van der Waals surface area (Å²) in [5.41, 5.74) is 0. The number of likely N-dealkylation sites (tertiary alicyclic amines) is 1. The van der Waals surface area contributed by atoms with Crippen molar-refractivity contribution in [1.82, 2.24) is 25.1 Å². The number of aryl methyl sites for hydroxylation is 1. The number of hydrogen-bond acceptors (Lipinski definition) is 5. The molecule has 1 N–H and O–H groups in total. The van der Waals surface area contributed by atoms with Gasteiger partial charge in [0.25, 0.3) is 0 Å². The molecule has 1 saturated heterocycles. The number of aliphatic hydroxyl groups is 1. The second-order valence-corrected chi connectivity index (χ2v) is 4.00. The van der Waals surface area contributed by atoms with Crippen molar-refractivity contribution in [1.29, 1.82) is 0 Å². The normalized spacial score (nSPS) is 22.4. The number of aliphatic hydroxyl groups excluding tert-OH is 1. The number of hydrogen-bond donors (Lipinski definition) is 1. The Labute approximate surface area is 88.9 Å². The average Bonchev–Trinajstić information content (AvgIpc) is 2.78. The highest BCUT2D eigenvalue weighted by atomic mass is 16.3. The zero-order valence-corrected chi connectivity index (χ0v) is 9.00. The first-order valence-electron chi connectivity index (χ1n) is 5.45. The van der Waals surface area contributed by atoms with Gasteiger partial charge in [0.1, 0.15) is 0 Å². The topological polar surface area (TPSA) is 67.1 Å². The van der Waals surface area contributed by atoms with Crippen molar-refractivity contribution in [2.24, 2.45) is 0 Å². The van der Waals surface area contributed by atoms with Crippen LogP contribution in [0, 0.1) is 0 Å². The summed E-state index contributed by atoms with van der Waals surface area (Å²) in [6.45, 7) is 5.37. The van der Waals surface area contributed by atoms with E-state index in [0.717, 1.165) is 44.8 Å². The third-order valence-electron chi connectivity index (χ3n) is 2.65. The monoisotopic (exact) mass is 211 g/mol. The third kappa shape index (κ3) is 2.51. The van der Waals surface area contributed by atoms with Gasteiger partial charge in [-0.25, -0.2) is 4.68 Å². The summed E-state index contributed by atoms with van der Waals surface area (Å²) in [6.07, 6.45) is 1.70. The van der Waals surface area contributed by atoms with Crippen LogP contribution < -0.4 is 0 Å². The summed E-state index contributed by atoms with van der Waals surface area (Å²) >= 11 is 0. The van der Waals surface area contributed by atoms with Gasteiger partial charge in [0.05, 0.1) is 12.6 Å². The summed E-state index contributed by atoms with van der Waals surface area (Å²) in [7, 11) is 0. The van der Waals surface area contributed by atoms with Crippen molar-refractivity contribution in [3.8, 4) is 0 Å². The lowest BCUT2D eigenvalue weighted by Gasteiger charge is -2.13. The minimum atomic E-state index is -0.180. The van der Waals surface area contributed by atoms with Gasteiger partial charge < -0.3 is 5.11 Å². The lowest BCUT2D eigenvalue weighted by atomic mass is 10.3. The zero-order valence-electron chi connectivity index (χ0n) is 9.00. The molecule has 0 aliphatic carbocycles. The van der Waals surface area contributed by atoms with E-state index in [1.807, 2.05) is 4.68 Å². The zero-order chi connectivity index (χ0) is 10.7. The number of rotatable bonds is 4. The maximum Gasteiger partial charge on any atom is 0.165 e. The largest absolute Gasteiger partial charge is 0.392 e. The van der Waals surface area contributed by atoms with Crippen LogP contribution in [0.3, 0.4) is 0 Å². The van der Waals surface area contributed by atoms with Gasteiger partial charge in [-0.3, -0.25) is 4.90 Å². The Kier molecular flexibility index (Phi) is 3.27. The molecule has 1 aromatic heterocycles. The molecule has 1 unspecified atom stereocenters. The predicted octanol–water partition coefficient (Wildman–Crippen LogP) is -0.350. The second kappa shape index (κ2) is 4.67. The highest BCUT2D eigenvalue weighted by Gasteiger charge is 2.21. The summed E-state index contributed by atoms with van der Waals surface area (Å²) in [4.78, 5) is 2.18. The second-order valence-electron chi connectivity index (χ2n) is 4.00. The molecule has 6 heteroatoms. The van der Waals surface area contributed by atoms with Gasteiger partial charge >= 0.3 is 0 Å². The minimum absolute atomic E-state index is 0.180. The molecular weight excluding hydrogens is 194 g/mol. The van der Waals surface area contributed by atoms with E-state index in [1.54, 1.807) is 0 Å². The minimum Gasteiger partial charge on any atom is -0.392 e. The maximum atomic E-state index is 9.40. The molecule has 0 bridgehead atoms. The van der Waals surface area contributed by atoms with Crippen LogP contribution in [-0.4, -0.2) is 49.4 Å². The summed E-state index contributed by atoms with van der Waals surface area (Å²) in [6, 6.07) is 0. The van der Waals surface area contributed by atoms with E-state index in [9.17, 15) is 5.11 Å². The van der Waals surface area contributed by atoms with Gasteiger partial charge in [0.15, 0.2) is 5.82 Å². The van der Waals surface area contributed by atoms with Crippen LogP contribution in [0.25, 0.3) is 0 Å². The number of aromatic nitrogens is 4. The molecule has 2 rings (SSSR count). The molecule has 84 valence electrons. The van der Waals surface area contributed by atoms with Crippen molar-refractivity contribution in [3.05, 3.63) is 5.82 Å². The van der Waals surface area contributed by atoms with Crippen molar-refractivity contribution >= 4 is 0 Å². The molecule has 1 fully saturated rings. The molecule has 1 aromatic rings. The standard InChI is InChI=1S/C9H17N5O/c1-2-4-14-9(10-11-12-14)7-13-5-3-8(15)6-13/h8,15H,2-7H2,1H3. The molecule has 1 aliphatic heterocycles. The van der Waals surface area contributed by atoms with Crippen molar-refractivity contribution < 1.29 is 5.11 Å². The van der Waals surface area contributed by atoms with Gasteiger partial charge in [-0.2, -0.15) is 0 Å². The van der Waals surface area contributed by atoms with E-state index in [-0.39, 0.29) is 6.10 Å². The molecule has 6 nitrogen and oxygen atoms in total. The lowest BCUT2D eigenvalue weighted by Crippen LogP contribution is -2.24. The highest BCUT2D eigenvalue weighted by molar-refractivity contribution is 4.84. The Morgan fingerprint density at radius 1 is 1.53 bits per heavy atom. The van der Waals surface area contributed by atoms with Gasteiger partial charge in [0.2, 0.25) is 0 Å². The van der Waals surface area contributed by atoms with Crippen molar-refractivity contribution in [3.63, 3.8) is 0 Å². The molecule has 1 atom stereocenters. The number of nitrogens with zero attached hydrogens (tertiary/aromatic N) is 5. The molecule has 15 heavy (non-hydrogen) atoms. The average molecular weight is 211 g/mol. The molecule has 0 aromatic carbocycles. The van der Waals surface area contributed by atoms with Crippen LogP contribution in [0.5, 0.6) is 0 Å². The molecule has 0 radical (unpaired) electrons. The molecule has 1 aliphatic rings. The Morgan fingerprint density at radius 2 is 2.40 bits per heavy atom. The summed E-state index contributed by atoms with van der Waals surface area (Å²) in [5, 5.41) is 21.0. The molecule has 2 heterocycles. The predicted molar refractivity (Wildman–Crippen MR) is 54.0 cm³/mol. The third-order valence-corrected chi connectivity index (χ3v) is 2.65. The smallest absolute Gasteiger partial charge is 0.165 e. The SMILES string of the molecule is CCCn1nnnc1CN1CCC(O)C1. The van der Waals surface area contributed by atoms with E-state index in [1.165, 1.54) is 0 Å². The van der Waals surface area contributed by atoms with Gasteiger partial charge in [-0.1, -0.05) is 6.92 Å². The fraction of sp³-hybridized carbons (Fsp3) is 0.889. The Morgan fingerprint density at radius 3 is 3.07 bits per heavy atom. The van der Waals surface area contributed by atoms with Crippen molar-refractivity contribution in [2.75, 3.05) is 13.1 Å². The fourth-order valence-corrected chi connectivity index (χ4v) is 1.88. The molecule has 0 amide bonds. The number of tetrazole rings is 1. The van der Waals surface area contributed by atoms with Crippen LogP contribution in [-0.2, 0) is 13.1 Å². The van der Waals surface area contributed by atoms with E-state index >= 15 is 0 Å². The molecular formula is C9H17N5O. The van der Waals surface area contributed by atoms with Crippen LogP contribution in [0.15, 0.2) is 0 Å². The first-order valence-corrected chi connectivity index (χ1v) is 5.45. The summed E-state index contributed by atoms with van der Waals surface area (Å²) < 4.78 is 1.84. The quantitative estimate of drug-likeness (QED) is 0.737. The first-order chi connectivity index (χ1) is 7.29. The first kappa shape index (κ1) is 10.5. The lowest BCUT2D eigenvalue weighted by molar-refractivity contribution is 0.173. The van der Waals surface area contributed by atoms with Crippen LogP contribution in [0.2, 0.25) is 0 Å². The van der Waals surface area contributed by atoms with Gasteiger partial charge in [-0.15, -0.1) is 5.10 Å². The van der Waals surface area contributed by atoms with Crippen LogP contribution in [0.1, 0.15) is 25.6 Å². The highest BCUT2D eigenvalue weighted by Crippen LogP contribution is 2.11. The Hall–Kier alpha value is -1.01. The molecule has 0 spiro atoms. The maximum absolute atomic E-state index is 9.40. The van der Waals surface area contributed by atoms with Crippen LogP contribution >= 0.6 is 0 Å². The van der Waals surface area contributed by atoms with Crippen molar-refractivity contribution in [2.45, 2.75) is 39.0 Å². The van der Waals surface area contributed by atoms with E-state index in [0.29, 0.717) is 0 Å². The fourth-order valence-electron chi connectivity index (χ4n) is 1.88. The van der Waals surface area contributed by atoms with Gasteiger partial charge in [-0.05, 0) is 23.3 Å². The van der Waals surface area contributed by atoms with Crippen LogP contribution in [0.4, 0.5) is 0 Å². The van der Waals surface area contributed by atoms with E-state index in [4.69, 9.17) is 0 Å². The van der Waals surface area contributed by atoms with E-state index < -0.39 is 0 Å². The Balaban J connectivity index is 1.95. The van der Waals surface area contributed by atoms with Gasteiger partial charge in [0, 0.05) is 19.6 Å². The summed E-state index contributed by atoms with van der Waals surface area (Å²) in [5.74, 6) is 0.894. The van der Waals surface area contributed by atoms with E-state index in [2.05, 4.69) is 27.3 Å².